The molecule has 1 saturated carbocycles. The zero-order valence-electron chi connectivity index (χ0n) is 12.2. The monoisotopic (exact) mass is 241 g/mol. The van der Waals surface area contributed by atoms with Crippen LogP contribution in [0, 0.1) is 5.92 Å². The highest BCUT2D eigenvalue weighted by atomic mass is 16.3. The summed E-state index contributed by atoms with van der Waals surface area (Å²) in [6, 6.07) is 1.32. The molecule has 1 aliphatic rings. The van der Waals surface area contributed by atoms with Crippen molar-refractivity contribution in [3.8, 4) is 0 Å². The minimum Gasteiger partial charge on any atom is -0.393 e. The third-order valence-electron chi connectivity index (χ3n) is 4.08. The van der Waals surface area contributed by atoms with Gasteiger partial charge in [0.25, 0.3) is 0 Å². The van der Waals surface area contributed by atoms with Crippen molar-refractivity contribution < 1.29 is 5.11 Å². The molecule has 0 saturated heterocycles. The standard InChI is InChI=1S/C15H31NO/c1-5-13(6-2)16(11-12(3)4)14-8-7-9-15(17)10-14/h12-15,17H,5-11H2,1-4H3. The summed E-state index contributed by atoms with van der Waals surface area (Å²) in [7, 11) is 0. The fraction of sp³-hybridized carbons (Fsp3) is 1.00. The highest BCUT2D eigenvalue weighted by Crippen LogP contribution is 2.27. The quantitative estimate of drug-likeness (QED) is 0.770. The minimum absolute atomic E-state index is 0.0576. The predicted molar refractivity (Wildman–Crippen MR) is 74.2 cm³/mol. The first-order valence-corrected chi connectivity index (χ1v) is 7.52. The lowest BCUT2D eigenvalue weighted by Crippen LogP contribution is -2.47. The van der Waals surface area contributed by atoms with Crippen LogP contribution in [0.1, 0.15) is 66.2 Å². The Kier molecular flexibility index (Phi) is 6.50. The molecule has 1 aliphatic carbocycles. The first-order valence-electron chi connectivity index (χ1n) is 7.52. The van der Waals surface area contributed by atoms with E-state index < -0.39 is 0 Å². The van der Waals surface area contributed by atoms with Crippen LogP contribution in [0.15, 0.2) is 0 Å². The van der Waals surface area contributed by atoms with Crippen molar-refractivity contribution in [2.75, 3.05) is 6.54 Å². The Balaban J connectivity index is 2.66. The van der Waals surface area contributed by atoms with Crippen molar-refractivity contribution in [1.82, 2.24) is 4.90 Å². The third-order valence-corrected chi connectivity index (χ3v) is 4.08. The Morgan fingerprint density at radius 1 is 1.18 bits per heavy atom. The van der Waals surface area contributed by atoms with E-state index in [4.69, 9.17) is 0 Å². The number of nitrogens with zero attached hydrogens (tertiary/aromatic N) is 1. The van der Waals surface area contributed by atoms with Gasteiger partial charge in [0.1, 0.15) is 0 Å². The molecule has 0 aromatic rings. The third kappa shape index (κ3) is 4.59. The molecule has 0 aromatic heterocycles. The molecule has 1 rings (SSSR count). The number of aliphatic hydroxyl groups excluding tert-OH is 1. The van der Waals surface area contributed by atoms with Crippen LogP contribution < -0.4 is 0 Å². The van der Waals surface area contributed by atoms with Gasteiger partial charge in [0.05, 0.1) is 6.10 Å². The van der Waals surface area contributed by atoms with Gasteiger partial charge in [0.2, 0.25) is 0 Å². The van der Waals surface area contributed by atoms with E-state index in [1.807, 2.05) is 0 Å². The minimum atomic E-state index is -0.0576. The summed E-state index contributed by atoms with van der Waals surface area (Å²) in [5, 5.41) is 9.86. The molecule has 0 aromatic carbocycles. The summed E-state index contributed by atoms with van der Waals surface area (Å²) >= 11 is 0. The van der Waals surface area contributed by atoms with Crippen molar-refractivity contribution in [3.63, 3.8) is 0 Å². The van der Waals surface area contributed by atoms with Gasteiger partial charge in [-0.3, -0.25) is 4.90 Å². The molecule has 17 heavy (non-hydrogen) atoms. The largest absolute Gasteiger partial charge is 0.393 e. The van der Waals surface area contributed by atoms with E-state index in [0.29, 0.717) is 12.1 Å². The van der Waals surface area contributed by atoms with Gasteiger partial charge in [-0.05, 0) is 44.4 Å². The molecule has 0 radical (unpaired) electrons. The Labute approximate surface area is 107 Å². The Bertz CT molecular complexity index is 201. The topological polar surface area (TPSA) is 23.5 Å². The van der Waals surface area contributed by atoms with Crippen LogP contribution in [0.2, 0.25) is 0 Å². The Morgan fingerprint density at radius 3 is 2.29 bits per heavy atom. The molecule has 1 N–H and O–H groups in total. The van der Waals surface area contributed by atoms with Gasteiger partial charge in [-0.25, -0.2) is 0 Å². The maximum atomic E-state index is 9.86. The van der Waals surface area contributed by atoms with Crippen LogP contribution in [0.5, 0.6) is 0 Å². The predicted octanol–water partition coefficient (Wildman–Crippen LogP) is 3.44. The summed E-state index contributed by atoms with van der Waals surface area (Å²) in [5.41, 5.74) is 0. The average molecular weight is 241 g/mol. The molecule has 0 spiro atoms. The molecular weight excluding hydrogens is 210 g/mol. The number of hydrogen-bond acceptors (Lipinski definition) is 2. The lowest BCUT2D eigenvalue weighted by molar-refractivity contribution is 0.0309. The number of rotatable bonds is 6. The van der Waals surface area contributed by atoms with Gasteiger partial charge in [-0.2, -0.15) is 0 Å². The summed E-state index contributed by atoms with van der Waals surface area (Å²) in [5.74, 6) is 0.717. The van der Waals surface area contributed by atoms with Crippen LogP contribution in [0.4, 0.5) is 0 Å². The highest BCUT2D eigenvalue weighted by molar-refractivity contribution is 4.84. The van der Waals surface area contributed by atoms with E-state index in [0.717, 1.165) is 18.8 Å². The molecule has 2 heteroatoms. The van der Waals surface area contributed by atoms with E-state index in [-0.39, 0.29) is 6.10 Å². The molecule has 0 bridgehead atoms. The fourth-order valence-electron chi connectivity index (χ4n) is 3.22. The van der Waals surface area contributed by atoms with Crippen molar-refractivity contribution in [2.24, 2.45) is 5.92 Å². The summed E-state index contributed by atoms with van der Waals surface area (Å²) < 4.78 is 0. The summed E-state index contributed by atoms with van der Waals surface area (Å²) in [4.78, 5) is 2.69. The van der Waals surface area contributed by atoms with Gasteiger partial charge in [-0.1, -0.05) is 27.7 Å². The summed E-state index contributed by atoms with van der Waals surface area (Å²) in [6.45, 7) is 10.4. The molecule has 2 atom stereocenters. The van der Waals surface area contributed by atoms with Crippen molar-refractivity contribution in [3.05, 3.63) is 0 Å². The molecule has 2 unspecified atom stereocenters. The lowest BCUT2D eigenvalue weighted by Gasteiger charge is -2.41. The van der Waals surface area contributed by atoms with Gasteiger partial charge in [0.15, 0.2) is 0 Å². The lowest BCUT2D eigenvalue weighted by atomic mass is 9.89. The highest BCUT2D eigenvalue weighted by Gasteiger charge is 2.29. The van der Waals surface area contributed by atoms with Crippen molar-refractivity contribution in [1.29, 1.82) is 0 Å². The Hall–Kier alpha value is -0.0800. The van der Waals surface area contributed by atoms with Gasteiger partial charge in [0, 0.05) is 18.6 Å². The van der Waals surface area contributed by atoms with Crippen molar-refractivity contribution >= 4 is 0 Å². The molecular formula is C15H31NO. The van der Waals surface area contributed by atoms with E-state index in [1.165, 1.54) is 32.2 Å². The zero-order valence-corrected chi connectivity index (χ0v) is 12.2. The first kappa shape index (κ1) is 15.0. The molecule has 0 amide bonds. The normalized spacial score (nSPS) is 26.1. The maximum absolute atomic E-state index is 9.86. The molecule has 102 valence electrons. The Morgan fingerprint density at radius 2 is 1.82 bits per heavy atom. The molecule has 1 fully saturated rings. The fourth-order valence-corrected chi connectivity index (χ4v) is 3.22. The number of aliphatic hydroxyl groups is 1. The maximum Gasteiger partial charge on any atom is 0.0555 e. The van der Waals surface area contributed by atoms with E-state index in [2.05, 4.69) is 32.6 Å². The zero-order chi connectivity index (χ0) is 12.8. The van der Waals surface area contributed by atoms with Crippen LogP contribution in [0.3, 0.4) is 0 Å². The van der Waals surface area contributed by atoms with Crippen LogP contribution in [-0.4, -0.2) is 34.7 Å². The van der Waals surface area contributed by atoms with E-state index in [9.17, 15) is 5.11 Å². The van der Waals surface area contributed by atoms with Crippen LogP contribution in [-0.2, 0) is 0 Å². The summed E-state index contributed by atoms with van der Waals surface area (Å²) in [6.07, 6.45) is 6.88. The van der Waals surface area contributed by atoms with Gasteiger partial charge >= 0.3 is 0 Å². The SMILES string of the molecule is CCC(CC)N(CC(C)C)C1CCCC(O)C1. The van der Waals surface area contributed by atoms with E-state index in [1.54, 1.807) is 0 Å². The van der Waals surface area contributed by atoms with Crippen LogP contribution >= 0.6 is 0 Å². The molecule has 2 nitrogen and oxygen atoms in total. The van der Waals surface area contributed by atoms with Gasteiger partial charge in [-0.15, -0.1) is 0 Å². The second kappa shape index (κ2) is 7.38. The van der Waals surface area contributed by atoms with Crippen molar-refractivity contribution in [2.45, 2.75) is 84.4 Å². The number of hydrogen-bond donors (Lipinski definition) is 1. The van der Waals surface area contributed by atoms with E-state index >= 15 is 0 Å². The first-order chi connectivity index (χ1) is 8.08. The smallest absolute Gasteiger partial charge is 0.0555 e. The average Bonchev–Trinajstić information content (AvgIpc) is 2.29. The second-order valence-corrected chi connectivity index (χ2v) is 6.04. The van der Waals surface area contributed by atoms with Crippen LogP contribution in [0.25, 0.3) is 0 Å². The van der Waals surface area contributed by atoms with Gasteiger partial charge < -0.3 is 5.11 Å². The molecule has 0 aliphatic heterocycles. The molecule has 0 heterocycles. The second-order valence-electron chi connectivity index (χ2n) is 6.04.